The molecular formula is C12H17BN2O2. The van der Waals surface area contributed by atoms with Crippen LogP contribution in [0.2, 0.25) is 6.82 Å². The molecule has 0 aromatic carbocycles. The van der Waals surface area contributed by atoms with Crippen LogP contribution in [0.1, 0.15) is 12.1 Å². The van der Waals surface area contributed by atoms with Crippen LogP contribution in [0.25, 0.3) is 0 Å². The Morgan fingerprint density at radius 1 is 1.59 bits per heavy atom. The van der Waals surface area contributed by atoms with E-state index in [1.54, 1.807) is 17.8 Å². The van der Waals surface area contributed by atoms with Crippen LogP contribution in [-0.2, 0) is 11.2 Å². The Hall–Kier alpha value is -1.20. The van der Waals surface area contributed by atoms with Crippen molar-refractivity contribution in [3.8, 4) is 0 Å². The van der Waals surface area contributed by atoms with Crippen LogP contribution in [0.4, 0.5) is 0 Å². The molecule has 1 N–H and O–H groups in total. The highest BCUT2D eigenvalue weighted by Crippen LogP contribution is 2.18. The Balaban J connectivity index is 1.94. The number of hydrogen-bond donors (Lipinski definition) is 1. The van der Waals surface area contributed by atoms with E-state index in [4.69, 9.17) is 0 Å². The molecule has 2 heterocycles. The van der Waals surface area contributed by atoms with Gasteiger partial charge in [0.15, 0.2) is 0 Å². The van der Waals surface area contributed by atoms with Crippen LogP contribution in [0, 0.1) is 5.92 Å². The predicted molar refractivity (Wildman–Crippen MR) is 66.5 cm³/mol. The first-order valence-electron chi connectivity index (χ1n) is 6.01. The molecule has 1 aliphatic heterocycles. The van der Waals surface area contributed by atoms with E-state index in [2.05, 4.69) is 4.98 Å². The minimum Gasteiger partial charge on any atom is -0.437 e. The van der Waals surface area contributed by atoms with Gasteiger partial charge in [-0.15, -0.1) is 0 Å². The van der Waals surface area contributed by atoms with E-state index in [9.17, 15) is 9.82 Å². The summed E-state index contributed by atoms with van der Waals surface area (Å²) in [4.78, 5) is 18.0. The van der Waals surface area contributed by atoms with Crippen LogP contribution in [0.5, 0.6) is 0 Å². The smallest absolute Gasteiger partial charge is 0.376 e. The fourth-order valence-corrected chi connectivity index (χ4v) is 2.20. The van der Waals surface area contributed by atoms with Gasteiger partial charge in [-0.25, -0.2) is 0 Å². The van der Waals surface area contributed by atoms with Crippen LogP contribution >= 0.6 is 0 Å². The summed E-state index contributed by atoms with van der Waals surface area (Å²) in [6.07, 6.45) is 3.28. The first kappa shape index (κ1) is 12.3. The van der Waals surface area contributed by atoms with Gasteiger partial charge in [-0.3, -0.25) is 9.78 Å². The first-order valence-corrected chi connectivity index (χ1v) is 6.01. The van der Waals surface area contributed by atoms with Crippen LogP contribution < -0.4 is 0 Å². The van der Waals surface area contributed by atoms with Crippen molar-refractivity contribution >= 4 is 12.8 Å². The van der Waals surface area contributed by atoms with E-state index in [1.807, 2.05) is 18.2 Å². The number of pyridine rings is 1. The lowest BCUT2D eigenvalue weighted by atomic mass is 9.79. The number of nitrogens with zero attached hydrogens (tertiary/aromatic N) is 2. The maximum absolute atomic E-state index is 11.9. The Labute approximate surface area is 102 Å². The Morgan fingerprint density at radius 2 is 2.41 bits per heavy atom. The minimum atomic E-state index is -0.533. The van der Waals surface area contributed by atoms with Gasteiger partial charge >= 0.3 is 7.05 Å². The topological polar surface area (TPSA) is 53.4 Å². The molecule has 1 saturated heterocycles. The highest BCUT2D eigenvalue weighted by molar-refractivity contribution is 6.45. The molecular weight excluding hydrogens is 215 g/mol. The van der Waals surface area contributed by atoms with Gasteiger partial charge < -0.3 is 9.83 Å². The van der Waals surface area contributed by atoms with Gasteiger partial charge in [-0.05, 0) is 38.3 Å². The third-order valence-corrected chi connectivity index (χ3v) is 3.29. The summed E-state index contributed by atoms with van der Waals surface area (Å²) in [5, 5.41) is 9.43. The standard InChI is InChI=1S/C12H17BN2O2/c1-13(17)15-7-5-10(12(16)9-15)8-11-4-2-3-6-14-11/h2-4,6,10,17H,5,7-9H2,1H3. The lowest BCUT2D eigenvalue weighted by Crippen LogP contribution is -2.48. The molecule has 0 aliphatic carbocycles. The number of hydrogen-bond acceptors (Lipinski definition) is 4. The quantitative estimate of drug-likeness (QED) is 0.776. The number of rotatable bonds is 3. The van der Waals surface area contributed by atoms with Gasteiger partial charge in [-0.1, -0.05) is 6.07 Å². The number of piperidine rings is 1. The number of carbonyl (C=O) groups excluding carboxylic acids is 1. The Morgan fingerprint density at radius 3 is 3.00 bits per heavy atom. The molecule has 1 aromatic rings. The summed E-state index contributed by atoms with van der Waals surface area (Å²) in [5.74, 6) is 0.266. The van der Waals surface area contributed by atoms with Gasteiger partial charge in [0.2, 0.25) is 0 Å². The molecule has 1 unspecified atom stereocenters. The zero-order chi connectivity index (χ0) is 12.3. The van der Waals surface area contributed by atoms with Crippen molar-refractivity contribution < 1.29 is 9.82 Å². The predicted octanol–water partition coefficient (Wildman–Crippen LogP) is 0.625. The first-order chi connectivity index (χ1) is 8.16. The van der Waals surface area contributed by atoms with E-state index >= 15 is 0 Å². The average Bonchev–Trinajstić information content (AvgIpc) is 2.33. The van der Waals surface area contributed by atoms with Crippen molar-refractivity contribution in [3.63, 3.8) is 0 Å². The summed E-state index contributed by atoms with van der Waals surface area (Å²) in [7, 11) is -0.533. The summed E-state index contributed by atoms with van der Waals surface area (Å²) in [6, 6.07) is 5.77. The third-order valence-electron chi connectivity index (χ3n) is 3.29. The zero-order valence-corrected chi connectivity index (χ0v) is 10.0. The molecule has 90 valence electrons. The van der Waals surface area contributed by atoms with Crippen molar-refractivity contribution in [2.24, 2.45) is 5.92 Å². The highest BCUT2D eigenvalue weighted by Gasteiger charge is 2.30. The molecule has 1 aliphatic rings. The molecule has 0 saturated carbocycles. The summed E-state index contributed by atoms with van der Waals surface area (Å²) in [6.45, 7) is 2.84. The lowest BCUT2D eigenvalue weighted by Gasteiger charge is -2.31. The second-order valence-corrected chi connectivity index (χ2v) is 4.58. The number of carbonyl (C=O) groups is 1. The fourth-order valence-electron chi connectivity index (χ4n) is 2.20. The second kappa shape index (κ2) is 5.43. The van der Waals surface area contributed by atoms with Gasteiger partial charge in [0.1, 0.15) is 5.78 Å². The second-order valence-electron chi connectivity index (χ2n) is 4.58. The van der Waals surface area contributed by atoms with E-state index in [-0.39, 0.29) is 11.7 Å². The van der Waals surface area contributed by atoms with Crippen LogP contribution in [0.15, 0.2) is 24.4 Å². The van der Waals surface area contributed by atoms with Crippen LogP contribution in [-0.4, -0.2) is 40.7 Å². The maximum Gasteiger partial charge on any atom is 0.376 e. The van der Waals surface area contributed by atoms with Crippen molar-refractivity contribution in [1.82, 2.24) is 9.79 Å². The average molecular weight is 232 g/mol. The SMILES string of the molecule is CB(O)N1CCC(Cc2ccccn2)C(=O)C1. The highest BCUT2D eigenvalue weighted by atomic mass is 16.2. The van der Waals surface area contributed by atoms with Crippen molar-refractivity contribution in [2.45, 2.75) is 19.7 Å². The molecule has 0 radical (unpaired) electrons. The number of ketones is 1. The van der Waals surface area contributed by atoms with Crippen molar-refractivity contribution in [2.75, 3.05) is 13.1 Å². The molecule has 2 rings (SSSR count). The monoisotopic (exact) mass is 232 g/mol. The molecule has 0 bridgehead atoms. The molecule has 1 fully saturated rings. The number of Topliss-reactive ketones (excluding diaryl/α,β-unsaturated/α-hetero) is 1. The number of aromatic nitrogens is 1. The minimum absolute atomic E-state index is 0.0555. The van der Waals surface area contributed by atoms with E-state index in [1.165, 1.54) is 0 Å². The summed E-state index contributed by atoms with van der Waals surface area (Å²) < 4.78 is 0. The Kier molecular flexibility index (Phi) is 3.91. The third kappa shape index (κ3) is 3.14. The molecule has 5 heteroatoms. The lowest BCUT2D eigenvalue weighted by molar-refractivity contribution is -0.125. The Bertz CT molecular complexity index is 383. The van der Waals surface area contributed by atoms with Crippen molar-refractivity contribution in [3.05, 3.63) is 30.1 Å². The van der Waals surface area contributed by atoms with E-state index < -0.39 is 7.05 Å². The zero-order valence-electron chi connectivity index (χ0n) is 10.0. The van der Waals surface area contributed by atoms with Gasteiger partial charge in [0.25, 0.3) is 0 Å². The molecule has 1 atom stereocenters. The molecule has 4 nitrogen and oxygen atoms in total. The normalized spacial score (nSPS) is 21.5. The molecule has 0 amide bonds. The largest absolute Gasteiger partial charge is 0.437 e. The van der Waals surface area contributed by atoms with Gasteiger partial charge in [0.05, 0.1) is 0 Å². The van der Waals surface area contributed by atoms with Gasteiger partial charge in [-0.2, -0.15) is 0 Å². The van der Waals surface area contributed by atoms with Crippen LogP contribution in [0.3, 0.4) is 0 Å². The molecule has 17 heavy (non-hydrogen) atoms. The summed E-state index contributed by atoms with van der Waals surface area (Å²) >= 11 is 0. The van der Waals surface area contributed by atoms with E-state index in [0.717, 1.165) is 18.7 Å². The summed E-state index contributed by atoms with van der Waals surface area (Å²) in [5.41, 5.74) is 0.969. The van der Waals surface area contributed by atoms with E-state index in [0.29, 0.717) is 13.0 Å². The van der Waals surface area contributed by atoms with Gasteiger partial charge in [0, 0.05) is 24.4 Å². The fraction of sp³-hybridized carbons (Fsp3) is 0.500. The van der Waals surface area contributed by atoms with Crippen molar-refractivity contribution in [1.29, 1.82) is 0 Å². The molecule has 1 aromatic heterocycles. The molecule has 0 spiro atoms. The maximum atomic E-state index is 11.9.